The Balaban J connectivity index is 0.000000980. The van der Waals surface area contributed by atoms with Crippen LogP contribution in [0.15, 0.2) is 0 Å². The molecule has 0 atom stereocenters. The van der Waals surface area contributed by atoms with E-state index in [1.54, 1.807) is 0 Å². The predicted molar refractivity (Wildman–Crippen MR) is 73.9 cm³/mol. The second kappa shape index (κ2) is 8.94. The Morgan fingerprint density at radius 1 is 1.00 bits per heavy atom. The minimum Gasteiger partial charge on any atom is -0.315 e. The molecule has 0 aromatic heterocycles. The lowest BCUT2D eigenvalue weighted by Crippen LogP contribution is -2.39. The third-order valence-electron chi connectivity index (χ3n) is 3.08. The van der Waals surface area contributed by atoms with Crippen molar-refractivity contribution in [3.63, 3.8) is 0 Å². The Morgan fingerprint density at radius 2 is 1.73 bits per heavy atom. The first-order chi connectivity index (χ1) is 6.47. The summed E-state index contributed by atoms with van der Waals surface area (Å²) in [4.78, 5) is 2.71. The van der Waals surface area contributed by atoms with Crippen LogP contribution in [0, 0.1) is 0 Å². The fourth-order valence-electron chi connectivity index (χ4n) is 2.28. The van der Waals surface area contributed by atoms with E-state index in [0.29, 0.717) is 0 Å². The number of rotatable bonds is 1. The maximum absolute atomic E-state index is 3.47. The summed E-state index contributed by atoms with van der Waals surface area (Å²) < 4.78 is 0. The molecule has 2 aliphatic rings. The van der Waals surface area contributed by atoms with Gasteiger partial charge in [0.1, 0.15) is 0 Å². The maximum atomic E-state index is 3.47. The van der Waals surface area contributed by atoms with Gasteiger partial charge in [-0.25, -0.2) is 0 Å². The lowest BCUT2D eigenvalue weighted by atomic mass is 10.1. The second-order valence-electron chi connectivity index (χ2n) is 3.98. The molecule has 2 fully saturated rings. The van der Waals surface area contributed by atoms with Gasteiger partial charge in [-0.05, 0) is 43.9 Å². The Bertz CT molecular complexity index is 146. The van der Waals surface area contributed by atoms with Gasteiger partial charge >= 0.3 is 0 Å². The maximum Gasteiger partial charge on any atom is 0.0111 e. The highest BCUT2D eigenvalue weighted by Gasteiger charge is 2.21. The van der Waals surface area contributed by atoms with Crippen molar-refractivity contribution in [1.82, 2.24) is 10.2 Å². The summed E-state index contributed by atoms with van der Waals surface area (Å²) in [6, 6.07) is 0.904. The van der Waals surface area contributed by atoms with Crippen LogP contribution in [0.3, 0.4) is 0 Å². The molecule has 0 aromatic rings. The highest BCUT2D eigenvalue weighted by Crippen LogP contribution is 2.21. The SMILES string of the molecule is C1CNCCN(C2CCSCC2)C1.Cl.Cl. The first-order valence-electron chi connectivity index (χ1n) is 5.49. The summed E-state index contributed by atoms with van der Waals surface area (Å²) in [5, 5.41) is 3.47. The molecule has 2 heterocycles. The number of nitrogens with one attached hydrogen (secondary N) is 1. The van der Waals surface area contributed by atoms with Crippen molar-refractivity contribution in [2.24, 2.45) is 0 Å². The topological polar surface area (TPSA) is 15.3 Å². The van der Waals surface area contributed by atoms with Gasteiger partial charge in [0.25, 0.3) is 0 Å². The van der Waals surface area contributed by atoms with Gasteiger partial charge < -0.3 is 5.32 Å². The molecule has 2 saturated heterocycles. The summed E-state index contributed by atoms with van der Waals surface area (Å²) >= 11 is 2.13. The van der Waals surface area contributed by atoms with Crippen molar-refractivity contribution < 1.29 is 0 Å². The number of hydrogen-bond acceptors (Lipinski definition) is 3. The van der Waals surface area contributed by atoms with E-state index >= 15 is 0 Å². The average molecular weight is 273 g/mol. The predicted octanol–water partition coefficient (Wildman–Crippen LogP) is 2.02. The molecule has 2 rings (SSSR count). The van der Waals surface area contributed by atoms with Gasteiger partial charge in [-0.2, -0.15) is 11.8 Å². The van der Waals surface area contributed by atoms with Crippen LogP contribution >= 0.6 is 36.6 Å². The standard InChI is InChI=1S/C10H20N2S.2ClH/c1-4-11-5-7-12(6-1)10-2-8-13-9-3-10;;/h10-11H,1-9H2;2*1H. The number of nitrogens with zero attached hydrogens (tertiary/aromatic N) is 1. The molecule has 0 unspecified atom stereocenters. The smallest absolute Gasteiger partial charge is 0.0111 e. The zero-order valence-corrected chi connectivity index (χ0v) is 11.6. The molecular weight excluding hydrogens is 251 g/mol. The monoisotopic (exact) mass is 272 g/mol. The Kier molecular flexibility index (Phi) is 9.45. The van der Waals surface area contributed by atoms with Crippen LogP contribution in [0.25, 0.3) is 0 Å². The lowest BCUT2D eigenvalue weighted by molar-refractivity contribution is 0.198. The van der Waals surface area contributed by atoms with Gasteiger partial charge in [-0.15, -0.1) is 24.8 Å². The average Bonchev–Trinajstić information content (AvgIpc) is 2.47. The van der Waals surface area contributed by atoms with Gasteiger partial charge in [0.05, 0.1) is 0 Å². The molecule has 15 heavy (non-hydrogen) atoms. The molecule has 0 aromatic carbocycles. The van der Waals surface area contributed by atoms with Gasteiger partial charge in [0.2, 0.25) is 0 Å². The van der Waals surface area contributed by atoms with Gasteiger partial charge in [-0.3, -0.25) is 4.90 Å². The number of hydrogen-bond donors (Lipinski definition) is 1. The zero-order chi connectivity index (χ0) is 8.93. The van der Waals surface area contributed by atoms with Gasteiger partial charge in [0.15, 0.2) is 0 Å². The molecule has 0 amide bonds. The molecule has 0 saturated carbocycles. The van der Waals surface area contributed by atoms with E-state index in [0.717, 1.165) is 6.04 Å². The van der Waals surface area contributed by atoms with Crippen molar-refractivity contribution in [3.05, 3.63) is 0 Å². The van der Waals surface area contributed by atoms with Gasteiger partial charge in [0, 0.05) is 19.1 Å². The van der Waals surface area contributed by atoms with Crippen LogP contribution in [0.2, 0.25) is 0 Å². The number of thioether (sulfide) groups is 1. The van der Waals surface area contributed by atoms with Crippen molar-refractivity contribution in [3.8, 4) is 0 Å². The molecular formula is C10H22Cl2N2S. The molecule has 0 aliphatic carbocycles. The Labute approximate surface area is 110 Å². The van der Waals surface area contributed by atoms with Crippen LogP contribution in [0.5, 0.6) is 0 Å². The summed E-state index contributed by atoms with van der Waals surface area (Å²) in [5.74, 6) is 2.77. The molecule has 0 bridgehead atoms. The van der Waals surface area contributed by atoms with Crippen LogP contribution in [0.1, 0.15) is 19.3 Å². The van der Waals surface area contributed by atoms with E-state index in [1.165, 1.54) is 56.9 Å². The third-order valence-corrected chi connectivity index (χ3v) is 4.13. The summed E-state index contributed by atoms with van der Waals surface area (Å²) in [6.45, 7) is 5.01. The second-order valence-corrected chi connectivity index (χ2v) is 5.21. The molecule has 0 spiro atoms. The first kappa shape index (κ1) is 15.9. The molecule has 0 radical (unpaired) electrons. The van der Waals surface area contributed by atoms with E-state index < -0.39 is 0 Å². The van der Waals surface area contributed by atoms with Crippen LogP contribution < -0.4 is 5.32 Å². The van der Waals surface area contributed by atoms with Crippen LogP contribution in [0.4, 0.5) is 0 Å². The molecule has 1 N–H and O–H groups in total. The highest BCUT2D eigenvalue weighted by atomic mass is 35.5. The summed E-state index contributed by atoms with van der Waals surface area (Å²) in [5.41, 5.74) is 0. The summed E-state index contributed by atoms with van der Waals surface area (Å²) in [7, 11) is 0. The normalized spacial score (nSPS) is 24.8. The largest absolute Gasteiger partial charge is 0.315 e. The molecule has 5 heteroatoms. The third kappa shape index (κ3) is 5.14. The fraction of sp³-hybridized carbons (Fsp3) is 1.00. The molecule has 2 aliphatic heterocycles. The Hall–Kier alpha value is 0.850. The van der Waals surface area contributed by atoms with E-state index in [1.807, 2.05) is 0 Å². The Morgan fingerprint density at radius 3 is 2.47 bits per heavy atom. The van der Waals surface area contributed by atoms with Gasteiger partial charge in [-0.1, -0.05) is 0 Å². The minimum atomic E-state index is 0. The fourth-order valence-corrected chi connectivity index (χ4v) is 3.36. The minimum absolute atomic E-state index is 0. The van der Waals surface area contributed by atoms with E-state index in [2.05, 4.69) is 22.0 Å². The summed E-state index contributed by atoms with van der Waals surface area (Å²) in [6.07, 6.45) is 4.18. The van der Waals surface area contributed by atoms with Crippen molar-refractivity contribution in [1.29, 1.82) is 0 Å². The van der Waals surface area contributed by atoms with Crippen LogP contribution in [-0.2, 0) is 0 Å². The van der Waals surface area contributed by atoms with E-state index in [-0.39, 0.29) is 24.8 Å². The van der Waals surface area contributed by atoms with Crippen molar-refractivity contribution in [2.45, 2.75) is 25.3 Å². The quantitative estimate of drug-likeness (QED) is 0.787. The molecule has 2 nitrogen and oxygen atoms in total. The zero-order valence-electron chi connectivity index (χ0n) is 9.11. The van der Waals surface area contributed by atoms with E-state index in [9.17, 15) is 0 Å². The lowest BCUT2D eigenvalue weighted by Gasteiger charge is -2.32. The van der Waals surface area contributed by atoms with Crippen molar-refractivity contribution in [2.75, 3.05) is 37.7 Å². The van der Waals surface area contributed by atoms with Crippen molar-refractivity contribution >= 4 is 36.6 Å². The molecule has 92 valence electrons. The first-order valence-corrected chi connectivity index (χ1v) is 6.65. The van der Waals surface area contributed by atoms with E-state index in [4.69, 9.17) is 0 Å². The highest BCUT2D eigenvalue weighted by molar-refractivity contribution is 7.99. The van der Waals surface area contributed by atoms with Crippen LogP contribution in [-0.4, -0.2) is 48.6 Å². The number of halogens is 2.